The number of aryl methyl sites for hydroxylation is 2. The third-order valence-electron chi connectivity index (χ3n) is 6.33. The third kappa shape index (κ3) is 3.22. The molecule has 0 unspecified atom stereocenters. The van der Waals surface area contributed by atoms with Crippen LogP contribution in [-0.4, -0.2) is 28.6 Å². The number of benzene rings is 3. The fraction of sp³-hybridized carbons (Fsp3) is 0.179. The van der Waals surface area contributed by atoms with Gasteiger partial charge in [-0.2, -0.15) is 0 Å². The van der Waals surface area contributed by atoms with Crippen molar-refractivity contribution in [3.05, 3.63) is 94.2 Å². The molecule has 0 saturated carbocycles. The summed E-state index contributed by atoms with van der Waals surface area (Å²) in [4.78, 5) is 39.9. The Kier molecular flexibility index (Phi) is 5.28. The molecular weight excluding hydrogens is 428 g/mol. The number of carbonyl (C=O) groups is 3. The predicted molar refractivity (Wildman–Crippen MR) is 131 cm³/mol. The first kappa shape index (κ1) is 21.6. The zero-order valence-corrected chi connectivity index (χ0v) is 19.3. The van der Waals surface area contributed by atoms with Crippen LogP contribution in [-0.2, 0) is 6.54 Å². The minimum atomic E-state index is -0.332. The Bertz CT molecular complexity index is 1500. The van der Waals surface area contributed by atoms with E-state index in [9.17, 15) is 14.4 Å². The molecule has 0 atom stereocenters. The van der Waals surface area contributed by atoms with Crippen molar-refractivity contribution in [1.82, 2.24) is 4.57 Å². The van der Waals surface area contributed by atoms with Gasteiger partial charge in [0.05, 0.1) is 17.9 Å². The molecule has 6 nitrogen and oxygen atoms in total. The van der Waals surface area contributed by atoms with Gasteiger partial charge in [-0.1, -0.05) is 36.4 Å². The maximum absolute atomic E-state index is 13.6. The summed E-state index contributed by atoms with van der Waals surface area (Å²) in [6.07, 6.45) is 0. The molecule has 1 aliphatic rings. The predicted octanol–water partition coefficient (Wildman–Crippen LogP) is 5.40. The van der Waals surface area contributed by atoms with E-state index in [-0.39, 0.29) is 23.0 Å². The van der Waals surface area contributed by atoms with Crippen LogP contribution in [0.15, 0.2) is 60.7 Å². The summed E-state index contributed by atoms with van der Waals surface area (Å²) in [7, 11) is 0. The molecule has 0 fully saturated rings. The van der Waals surface area contributed by atoms with E-state index in [1.807, 2.05) is 43.5 Å². The second-order valence-corrected chi connectivity index (χ2v) is 8.22. The summed E-state index contributed by atoms with van der Waals surface area (Å²) < 4.78 is 7.59. The van der Waals surface area contributed by atoms with Crippen molar-refractivity contribution in [3.8, 4) is 5.75 Å². The number of ketones is 2. The van der Waals surface area contributed by atoms with Gasteiger partial charge in [0.15, 0.2) is 11.6 Å². The number of hydrogen-bond donors (Lipinski definition) is 1. The molecule has 170 valence electrons. The first-order valence-electron chi connectivity index (χ1n) is 11.3. The fourth-order valence-corrected chi connectivity index (χ4v) is 4.81. The summed E-state index contributed by atoms with van der Waals surface area (Å²) >= 11 is 0. The van der Waals surface area contributed by atoms with Crippen LogP contribution in [0.3, 0.4) is 0 Å². The smallest absolute Gasteiger partial charge is 0.272 e. The fourth-order valence-electron chi connectivity index (χ4n) is 4.81. The van der Waals surface area contributed by atoms with Gasteiger partial charge in [0, 0.05) is 34.1 Å². The molecule has 4 aromatic rings. The zero-order valence-electron chi connectivity index (χ0n) is 19.3. The molecule has 0 aliphatic heterocycles. The van der Waals surface area contributed by atoms with Crippen LogP contribution in [0, 0.1) is 6.92 Å². The monoisotopic (exact) mass is 452 g/mol. The summed E-state index contributed by atoms with van der Waals surface area (Å²) in [5, 5.41) is 3.86. The number of hydrogen-bond acceptors (Lipinski definition) is 4. The Hall–Kier alpha value is -4.19. The lowest BCUT2D eigenvalue weighted by atomic mass is 9.83. The number of amides is 1. The first-order chi connectivity index (χ1) is 16.5. The number of nitrogens with one attached hydrogen (secondary N) is 1. The minimum Gasteiger partial charge on any atom is -0.494 e. The largest absolute Gasteiger partial charge is 0.494 e. The van der Waals surface area contributed by atoms with Gasteiger partial charge in [0.25, 0.3) is 5.91 Å². The van der Waals surface area contributed by atoms with Crippen molar-refractivity contribution in [2.75, 3.05) is 11.9 Å². The van der Waals surface area contributed by atoms with E-state index >= 15 is 0 Å². The molecule has 5 rings (SSSR count). The molecule has 1 N–H and O–H groups in total. The zero-order chi connectivity index (χ0) is 24.0. The Balaban J connectivity index is 1.59. The molecule has 0 bridgehead atoms. The lowest BCUT2D eigenvalue weighted by molar-refractivity contribution is 0.0978. The van der Waals surface area contributed by atoms with E-state index in [2.05, 4.69) is 5.32 Å². The standard InChI is InChI=1S/C28H24N2O4/c1-4-30-23-14-13-17(34-5-2)15-21(23)16(3)25(30)28(33)29-22-12-8-11-20-24(22)27(32)19-10-7-6-9-18(19)26(20)31/h6-15H,4-5H2,1-3H3,(H,29,33). The van der Waals surface area contributed by atoms with E-state index < -0.39 is 0 Å². The van der Waals surface area contributed by atoms with Crippen molar-refractivity contribution in [2.45, 2.75) is 27.3 Å². The van der Waals surface area contributed by atoms with Gasteiger partial charge < -0.3 is 14.6 Å². The lowest BCUT2D eigenvalue weighted by Gasteiger charge is -2.20. The average Bonchev–Trinajstić information content (AvgIpc) is 3.13. The summed E-state index contributed by atoms with van der Waals surface area (Å²) in [5.74, 6) is -0.0712. The highest BCUT2D eigenvalue weighted by atomic mass is 16.5. The van der Waals surface area contributed by atoms with E-state index in [0.29, 0.717) is 41.2 Å². The SMILES string of the molecule is CCOc1ccc2c(c1)c(C)c(C(=O)Nc1cccc3c1C(=O)c1ccccc1C3=O)n2CC. The van der Waals surface area contributed by atoms with Gasteiger partial charge in [-0.3, -0.25) is 14.4 Å². The van der Waals surface area contributed by atoms with E-state index in [1.165, 1.54) is 0 Å². The second-order valence-electron chi connectivity index (χ2n) is 8.22. The van der Waals surface area contributed by atoms with Gasteiger partial charge in [-0.05, 0) is 50.6 Å². The first-order valence-corrected chi connectivity index (χ1v) is 11.3. The van der Waals surface area contributed by atoms with Crippen LogP contribution in [0.5, 0.6) is 5.75 Å². The van der Waals surface area contributed by atoms with E-state index in [4.69, 9.17) is 4.74 Å². The Morgan fingerprint density at radius 1 is 0.912 bits per heavy atom. The molecule has 0 spiro atoms. The quantitative estimate of drug-likeness (QED) is 0.388. The highest BCUT2D eigenvalue weighted by molar-refractivity contribution is 6.30. The second kappa shape index (κ2) is 8.30. The van der Waals surface area contributed by atoms with Crippen molar-refractivity contribution in [3.63, 3.8) is 0 Å². The molecule has 34 heavy (non-hydrogen) atoms. The van der Waals surface area contributed by atoms with Crippen LogP contribution in [0.2, 0.25) is 0 Å². The molecule has 6 heteroatoms. The van der Waals surface area contributed by atoms with Crippen molar-refractivity contribution >= 4 is 34.1 Å². The molecule has 1 aliphatic carbocycles. The molecule has 3 aromatic carbocycles. The normalized spacial score (nSPS) is 12.4. The summed E-state index contributed by atoms with van der Waals surface area (Å²) in [6, 6.07) is 17.5. The van der Waals surface area contributed by atoms with Gasteiger partial charge in [0.1, 0.15) is 11.4 Å². The number of nitrogens with zero attached hydrogens (tertiary/aromatic N) is 1. The van der Waals surface area contributed by atoms with Crippen molar-refractivity contribution in [2.24, 2.45) is 0 Å². The van der Waals surface area contributed by atoms with Crippen LogP contribution in [0.1, 0.15) is 61.7 Å². The van der Waals surface area contributed by atoms with Gasteiger partial charge in [-0.25, -0.2) is 0 Å². The maximum atomic E-state index is 13.6. The number of aromatic nitrogens is 1. The molecule has 1 heterocycles. The summed E-state index contributed by atoms with van der Waals surface area (Å²) in [6.45, 7) is 6.97. The molecule has 1 aromatic heterocycles. The number of ether oxygens (including phenoxy) is 1. The number of anilines is 1. The average molecular weight is 453 g/mol. The molecule has 0 radical (unpaired) electrons. The lowest BCUT2D eigenvalue weighted by Crippen LogP contribution is -2.25. The van der Waals surface area contributed by atoms with Crippen molar-refractivity contribution < 1.29 is 19.1 Å². The topological polar surface area (TPSA) is 77.4 Å². The van der Waals surface area contributed by atoms with E-state index in [0.717, 1.165) is 22.2 Å². The summed E-state index contributed by atoms with van der Waals surface area (Å²) in [5.41, 5.74) is 3.87. The van der Waals surface area contributed by atoms with Crippen LogP contribution in [0.4, 0.5) is 5.69 Å². The highest BCUT2D eigenvalue weighted by Crippen LogP contribution is 2.34. The van der Waals surface area contributed by atoms with Gasteiger partial charge in [-0.15, -0.1) is 0 Å². The minimum absolute atomic E-state index is 0.219. The van der Waals surface area contributed by atoms with Crippen LogP contribution >= 0.6 is 0 Å². The molecule has 1 amide bonds. The Morgan fingerprint density at radius 3 is 2.32 bits per heavy atom. The van der Waals surface area contributed by atoms with Crippen LogP contribution < -0.4 is 10.1 Å². The van der Waals surface area contributed by atoms with E-state index in [1.54, 1.807) is 42.5 Å². The Labute approximate surface area is 197 Å². The van der Waals surface area contributed by atoms with Gasteiger partial charge in [0.2, 0.25) is 0 Å². The number of carbonyl (C=O) groups excluding carboxylic acids is 3. The Morgan fingerprint density at radius 2 is 1.62 bits per heavy atom. The van der Waals surface area contributed by atoms with Crippen LogP contribution in [0.25, 0.3) is 10.9 Å². The maximum Gasteiger partial charge on any atom is 0.272 e. The highest BCUT2D eigenvalue weighted by Gasteiger charge is 2.32. The number of rotatable bonds is 5. The number of fused-ring (bicyclic) bond motifs is 3. The molecular formula is C28H24N2O4. The molecule has 0 saturated heterocycles. The third-order valence-corrected chi connectivity index (χ3v) is 6.33. The van der Waals surface area contributed by atoms with Gasteiger partial charge >= 0.3 is 0 Å². The van der Waals surface area contributed by atoms with Crippen molar-refractivity contribution in [1.29, 1.82) is 0 Å².